The Balaban J connectivity index is 2.80. The maximum Gasteiger partial charge on any atom is 0.0523 e. The minimum absolute atomic E-state index is 0.494. The van der Waals surface area contributed by atoms with Crippen LogP contribution in [0.3, 0.4) is 0 Å². The quantitative estimate of drug-likeness (QED) is 0.598. The van der Waals surface area contributed by atoms with Crippen LogP contribution in [0.1, 0.15) is 47.0 Å². The SMILES string of the molecule is CCC1(CC)CC(C)C=NC1C. The fraction of sp³-hybridized carbons (Fsp3) is 0.909. The average molecular weight is 167 g/mol. The molecule has 1 rings (SSSR count). The van der Waals surface area contributed by atoms with Gasteiger partial charge in [-0.2, -0.15) is 0 Å². The van der Waals surface area contributed by atoms with Crippen LogP contribution in [0.4, 0.5) is 0 Å². The Bertz CT molecular complexity index is 168. The molecule has 0 N–H and O–H groups in total. The van der Waals surface area contributed by atoms with Crippen molar-refractivity contribution >= 4 is 6.21 Å². The summed E-state index contributed by atoms with van der Waals surface area (Å²) >= 11 is 0. The summed E-state index contributed by atoms with van der Waals surface area (Å²) in [7, 11) is 0. The van der Waals surface area contributed by atoms with Crippen molar-refractivity contribution in [1.29, 1.82) is 0 Å². The molecule has 2 atom stereocenters. The maximum atomic E-state index is 4.58. The molecule has 1 heterocycles. The molecule has 70 valence electrons. The predicted molar refractivity (Wildman–Crippen MR) is 54.8 cm³/mol. The zero-order valence-electron chi connectivity index (χ0n) is 8.80. The molecule has 1 aliphatic rings. The highest BCUT2D eigenvalue weighted by Crippen LogP contribution is 2.40. The lowest BCUT2D eigenvalue weighted by molar-refractivity contribution is 0.171. The van der Waals surface area contributed by atoms with E-state index >= 15 is 0 Å². The third kappa shape index (κ3) is 1.55. The summed E-state index contributed by atoms with van der Waals surface area (Å²) in [4.78, 5) is 4.58. The number of hydrogen-bond donors (Lipinski definition) is 0. The van der Waals surface area contributed by atoms with E-state index in [2.05, 4.69) is 38.9 Å². The van der Waals surface area contributed by atoms with Gasteiger partial charge in [0.25, 0.3) is 0 Å². The number of aliphatic imine (C=N–C) groups is 1. The number of nitrogens with zero attached hydrogens (tertiary/aromatic N) is 1. The highest BCUT2D eigenvalue weighted by molar-refractivity contribution is 5.61. The minimum Gasteiger partial charge on any atom is -0.294 e. The molecule has 0 bridgehead atoms. The first-order chi connectivity index (χ1) is 5.64. The van der Waals surface area contributed by atoms with Crippen molar-refractivity contribution in [3.05, 3.63) is 0 Å². The molecular weight excluding hydrogens is 146 g/mol. The molecule has 0 saturated carbocycles. The molecule has 1 nitrogen and oxygen atoms in total. The third-order valence-electron chi connectivity index (χ3n) is 3.59. The second-order valence-corrected chi connectivity index (χ2v) is 4.23. The van der Waals surface area contributed by atoms with E-state index in [1.807, 2.05) is 0 Å². The molecule has 1 aliphatic heterocycles. The molecule has 0 radical (unpaired) electrons. The first kappa shape index (κ1) is 9.76. The smallest absolute Gasteiger partial charge is 0.0523 e. The van der Waals surface area contributed by atoms with E-state index < -0.39 is 0 Å². The zero-order chi connectivity index (χ0) is 9.19. The van der Waals surface area contributed by atoms with Gasteiger partial charge in [0.2, 0.25) is 0 Å². The summed E-state index contributed by atoms with van der Waals surface area (Å²) in [5, 5.41) is 0. The highest BCUT2D eigenvalue weighted by Gasteiger charge is 2.35. The normalized spacial score (nSPS) is 33.7. The number of hydrogen-bond acceptors (Lipinski definition) is 1. The summed E-state index contributed by atoms with van der Waals surface area (Å²) in [6, 6.07) is 0.531. The van der Waals surface area contributed by atoms with Gasteiger partial charge in [-0.15, -0.1) is 0 Å². The molecule has 0 aliphatic carbocycles. The van der Waals surface area contributed by atoms with Crippen LogP contribution in [0.25, 0.3) is 0 Å². The predicted octanol–water partition coefficient (Wildman–Crippen LogP) is 3.29. The molecule has 0 fully saturated rings. The first-order valence-corrected chi connectivity index (χ1v) is 5.18. The van der Waals surface area contributed by atoms with Crippen molar-refractivity contribution in [3.63, 3.8) is 0 Å². The first-order valence-electron chi connectivity index (χ1n) is 5.18. The highest BCUT2D eigenvalue weighted by atomic mass is 14.8. The molecule has 0 aromatic carbocycles. The van der Waals surface area contributed by atoms with E-state index in [0.717, 1.165) is 0 Å². The Labute approximate surface area is 76.3 Å². The summed E-state index contributed by atoms with van der Waals surface area (Å²) < 4.78 is 0. The van der Waals surface area contributed by atoms with E-state index in [4.69, 9.17) is 0 Å². The van der Waals surface area contributed by atoms with Crippen LogP contribution < -0.4 is 0 Å². The fourth-order valence-corrected chi connectivity index (χ4v) is 2.43. The van der Waals surface area contributed by atoms with Gasteiger partial charge in [-0.1, -0.05) is 20.8 Å². The van der Waals surface area contributed by atoms with Gasteiger partial charge in [-0.3, -0.25) is 4.99 Å². The Hall–Kier alpha value is -0.330. The van der Waals surface area contributed by atoms with Crippen LogP contribution in [0.15, 0.2) is 4.99 Å². The fourth-order valence-electron chi connectivity index (χ4n) is 2.43. The van der Waals surface area contributed by atoms with Crippen molar-refractivity contribution in [1.82, 2.24) is 0 Å². The van der Waals surface area contributed by atoms with Crippen LogP contribution in [-0.4, -0.2) is 12.3 Å². The van der Waals surface area contributed by atoms with Crippen molar-refractivity contribution < 1.29 is 0 Å². The second-order valence-electron chi connectivity index (χ2n) is 4.23. The average Bonchev–Trinajstić information content (AvgIpc) is 2.09. The lowest BCUT2D eigenvalue weighted by Crippen LogP contribution is -2.36. The van der Waals surface area contributed by atoms with Crippen LogP contribution in [-0.2, 0) is 0 Å². The molecule has 0 aromatic rings. The molecular formula is C11H21N. The van der Waals surface area contributed by atoms with Gasteiger partial charge in [0.05, 0.1) is 6.04 Å². The molecule has 2 unspecified atom stereocenters. The van der Waals surface area contributed by atoms with Gasteiger partial charge in [0.1, 0.15) is 0 Å². The van der Waals surface area contributed by atoms with Gasteiger partial charge in [0, 0.05) is 6.21 Å². The van der Waals surface area contributed by atoms with Crippen molar-refractivity contribution in [2.45, 2.75) is 53.0 Å². The van der Waals surface area contributed by atoms with E-state index in [1.54, 1.807) is 0 Å². The molecule has 12 heavy (non-hydrogen) atoms. The van der Waals surface area contributed by atoms with Gasteiger partial charge >= 0.3 is 0 Å². The van der Waals surface area contributed by atoms with Gasteiger partial charge in [-0.05, 0) is 37.5 Å². The monoisotopic (exact) mass is 167 g/mol. The van der Waals surface area contributed by atoms with Crippen molar-refractivity contribution in [2.75, 3.05) is 0 Å². The lowest BCUT2D eigenvalue weighted by Gasteiger charge is -2.40. The molecule has 0 amide bonds. The van der Waals surface area contributed by atoms with Crippen LogP contribution in [0.2, 0.25) is 0 Å². The van der Waals surface area contributed by atoms with Gasteiger partial charge < -0.3 is 0 Å². The summed E-state index contributed by atoms with van der Waals surface area (Å²) in [5.41, 5.74) is 0.494. The maximum absolute atomic E-state index is 4.58. The standard InChI is InChI=1S/C11H21N/c1-5-11(6-2)7-9(3)8-12-10(11)4/h8-10H,5-7H2,1-4H3. The second kappa shape index (κ2) is 3.59. The topological polar surface area (TPSA) is 12.4 Å². The van der Waals surface area contributed by atoms with Gasteiger partial charge in [0.15, 0.2) is 0 Å². The van der Waals surface area contributed by atoms with Crippen LogP contribution in [0, 0.1) is 11.3 Å². The van der Waals surface area contributed by atoms with E-state index in [1.165, 1.54) is 19.3 Å². The Kier molecular flexibility index (Phi) is 2.92. The molecule has 0 aromatic heterocycles. The van der Waals surface area contributed by atoms with Crippen molar-refractivity contribution in [3.8, 4) is 0 Å². The zero-order valence-corrected chi connectivity index (χ0v) is 8.80. The van der Waals surface area contributed by atoms with Crippen molar-refractivity contribution in [2.24, 2.45) is 16.3 Å². The van der Waals surface area contributed by atoms with Crippen LogP contribution >= 0.6 is 0 Å². The molecule has 1 heteroatoms. The Morgan fingerprint density at radius 1 is 1.33 bits per heavy atom. The van der Waals surface area contributed by atoms with Gasteiger partial charge in [-0.25, -0.2) is 0 Å². The number of rotatable bonds is 2. The van der Waals surface area contributed by atoms with Crippen LogP contribution in [0.5, 0.6) is 0 Å². The molecule has 0 spiro atoms. The Morgan fingerprint density at radius 2 is 1.92 bits per heavy atom. The van der Waals surface area contributed by atoms with E-state index in [9.17, 15) is 0 Å². The largest absolute Gasteiger partial charge is 0.294 e. The third-order valence-corrected chi connectivity index (χ3v) is 3.59. The minimum atomic E-state index is 0.494. The lowest BCUT2D eigenvalue weighted by atomic mass is 9.69. The summed E-state index contributed by atoms with van der Waals surface area (Å²) in [5.74, 6) is 0.682. The summed E-state index contributed by atoms with van der Waals surface area (Å²) in [6.45, 7) is 9.13. The summed E-state index contributed by atoms with van der Waals surface area (Å²) in [6.07, 6.45) is 6.00. The van der Waals surface area contributed by atoms with E-state index in [0.29, 0.717) is 17.4 Å². The Morgan fingerprint density at radius 3 is 2.33 bits per heavy atom. The van der Waals surface area contributed by atoms with E-state index in [-0.39, 0.29) is 0 Å². The molecule has 0 saturated heterocycles.